The van der Waals surface area contributed by atoms with Crippen LogP contribution in [0.25, 0.3) is 10.9 Å². The first-order valence-corrected chi connectivity index (χ1v) is 7.91. The lowest BCUT2D eigenvalue weighted by Crippen LogP contribution is -2.22. The Bertz CT molecular complexity index is 676. The van der Waals surface area contributed by atoms with Crippen molar-refractivity contribution in [3.63, 3.8) is 0 Å². The zero-order valence-corrected chi connectivity index (χ0v) is 12.4. The predicted octanol–water partition coefficient (Wildman–Crippen LogP) is 4.19. The minimum Gasteiger partial charge on any atom is -0.310 e. The number of thiophene rings is 1. The number of nitrogens with one attached hydrogen (secondary N) is 1. The number of rotatable bonds is 5. The van der Waals surface area contributed by atoms with E-state index in [4.69, 9.17) is 4.98 Å². The SMILES string of the molecule is CCNC(Cc1ccc2ccccc2n1)c1ccsc1. The first-order chi connectivity index (χ1) is 9.86. The molecule has 3 rings (SSSR count). The highest BCUT2D eigenvalue weighted by molar-refractivity contribution is 7.07. The summed E-state index contributed by atoms with van der Waals surface area (Å²) in [6.45, 7) is 3.11. The molecule has 0 saturated carbocycles. The second-order valence-electron chi connectivity index (χ2n) is 4.87. The average molecular weight is 282 g/mol. The van der Waals surface area contributed by atoms with Crippen LogP contribution in [0.1, 0.15) is 24.2 Å². The van der Waals surface area contributed by atoms with Crippen molar-refractivity contribution in [1.82, 2.24) is 10.3 Å². The largest absolute Gasteiger partial charge is 0.310 e. The Morgan fingerprint density at radius 3 is 2.85 bits per heavy atom. The van der Waals surface area contributed by atoms with E-state index in [0.717, 1.165) is 24.2 Å². The fourth-order valence-corrected chi connectivity index (χ4v) is 3.17. The molecule has 0 bridgehead atoms. The summed E-state index contributed by atoms with van der Waals surface area (Å²) in [5, 5.41) is 9.10. The molecule has 2 heterocycles. The van der Waals surface area contributed by atoms with Crippen LogP contribution in [0.4, 0.5) is 0 Å². The third kappa shape index (κ3) is 2.89. The molecule has 0 saturated heterocycles. The Morgan fingerprint density at radius 1 is 1.15 bits per heavy atom. The average Bonchev–Trinajstić information content (AvgIpc) is 3.01. The molecule has 1 aromatic carbocycles. The van der Waals surface area contributed by atoms with Gasteiger partial charge in [-0.05, 0) is 41.1 Å². The molecule has 0 radical (unpaired) electrons. The molecule has 102 valence electrons. The van der Waals surface area contributed by atoms with Crippen molar-refractivity contribution in [2.24, 2.45) is 0 Å². The zero-order valence-electron chi connectivity index (χ0n) is 11.5. The van der Waals surface area contributed by atoms with Crippen LogP contribution in [0.3, 0.4) is 0 Å². The van der Waals surface area contributed by atoms with Crippen molar-refractivity contribution < 1.29 is 0 Å². The quantitative estimate of drug-likeness (QED) is 0.759. The summed E-state index contributed by atoms with van der Waals surface area (Å²) in [6.07, 6.45) is 0.926. The van der Waals surface area contributed by atoms with E-state index in [1.165, 1.54) is 10.9 Å². The fourth-order valence-electron chi connectivity index (χ4n) is 2.46. The van der Waals surface area contributed by atoms with Gasteiger partial charge < -0.3 is 5.32 Å². The summed E-state index contributed by atoms with van der Waals surface area (Å²) in [7, 11) is 0. The first-order valence-electron chi connectivity index (χ1n) is 6.97. The molecule has 1 N–H and O–H groups in total. The molecule has 2 nitrogen and oxygen atoms in total. The number of aromatic nitrogens is 1. The second-order valence-corrected chi connectivity index (χ2v) is 5.65. The molecule has 0 aliphatic carbocycles. The van der Waals surface area contributed by atoms with E-state index in [0.29, 0.717) is 6.04 Å². The van der Waals surface area contributed by atoms with Gasteiger partial charge in [0.05, 0.1) is 5.52 Å². The number of hydrogen-bond donors (Lipinski definition) is 1. The summed E-state index contributed by atoms with van der Waals surface area (Å²) < 4.78 is 0. The van der Waals surface area contributed by atoms with Crippen LogP contribution in [-0.2, 0) is 6.42 Å². The van der Waals surface area contributed by atoms with Crippen LogP contribution in [0.5, 0.6) is 0 Å². The number of pyridine rings is 1. The maximum absolute atomic E-state index is 4.77. The lowest BCUT2D eigenvalue weighted by molar-refractivity contribution is 0.546. The van der Waals surface area contributed by atoms with Crippen LogP contribution in [0, 0.1) is 0 Å². The molecule has 0 aliphatic heterocycles. The molecule has 20 heavy (non-hydrogen) atoms. The van der Waals surface area contributed by atoms with Gasteiger partial charge in [0.15, 0.2) is 0 Å². The monoisotopic (exact) mass is 282 g/mol. The Morgan fingerprint density at radius 2 is 2.05 bits per heavy atom. The van der Waals surface area contributed by atoms with E-state index in [9.17, 15) is 0 Å². The third-order valence-electron chi connectivity index (χ3n) is 3.47. The van der Waals surface area contributed by atoms with Gasteiger partial charge in [0.1, 0.15) is 0 Å². The smallest absolute Gasteiger partial charge is 0.0705 e. The molecule has 3 aromatic rings. The summed E-state index contributed by atoms with van der Waals surface area (Å²) in [6, 6.07) is 15.1. The van der Waals surface area contributed by atoms with Gasteiger partial charge in [0.2, 0.25) is 0 Å². The summed E-state index contributed by atoms with van der Waals surface area (Å²) in [4.78, 5) is 4.77. The molecule has 1 unspecified atom stereocenters. The number of fused-ring (bicyclic) bond motifs is 1. The van der Waals surface area contributed by atoms with Crippen LogP contribution >= 0.6 is 11.3 Å². The van der Waals surface area contributed by atoms with E-state index in [1.807, 2.05) is 6.07 Å². The van der Waals surface area contributed by atoms with Crippen molar-refractivity contribution in [2.45, 2.75) is 19.4 Å². The van der Waals surface area contributed by atoms with E-state index in [1.54, 1.807) is 11.3 Å². The zero-order chi connectivity index (χ0) is 13.8. The third-order valence-corrected chi connectivity index (χ3v) is 4.17. The van der Waals surface area contributed by atoms with Gasteiger partial charge >= 0.3 is 0 Å². The Kier molecular flexibility index (Phi) is 4.09. The van der Waals surface area contributed by atoms with E-state index < -0.39 is 0 Å². The number of nitrogens with zero attached hydrogens (tertiary/aromatic N) is 1. The van der Waals surface area contributed by atoms with Crippen molar-refractivity contribution in [3.05, 3.63) is 64.5 Å². The maximum Gasteiger partial charge on any atom is 0.0705 e. The van der Waals surface area contributed by atoms with Gasteiger partial charge in [0.25, 0.3) is 0 Å². The van der Waals surface area contributed by atoms with Crippen LogP contribution in [0.2, 0.25) is 0 Å². The normalized spacial score (nSPS) is 12.7. The van der Waals surface area contributed by atoms with Crippen LogP contribution in [0.15, 0.2) is 53.2 Å². The number of hydrogen-bond acceptors (Lipinski definition) is 3. The molecule has 0 fully saturated rings. The molecular weight excluding hydrogens is 264 g/mol. The summed E-state index contributed by atoms with van der Waals surface area (Å²) >= 11 is 1.75. The van der Waals surface area contributed by atoms with E-state index in [2.05, 4.69) is 59.4 Å². The topological polar surface area (TPSA) is 24.9 Å². The lowest BCUT2D eigenvalue weighted by Gasteiger charge is -2.16. The van der Waals surface area contributed by atoms with Crippen molar-refractivity contribution >= 4 is 22.2 Å². The van der Waals surface area contributed by atoms with Gasteiger partial charge in [-0.2, -0.15) is 11.3 Å². The van der Waals surface area contributed by atoms with E-state index in [-0.39, 0.29) is 0 Å². The molecular formula is C17H18N2S. The van der Waals surface area contributed by atoms with Crippen molar-refractivity contribution in [3.8, 4) is 0 Å². The minimum absolute atomic E-state index is 0.347. The Balaban J connectivity index is 1.86. The highest BCUT2D eigenvalue weighted by atomic mass is 32.1. The molecule has 0 amide bonds. The lowest BCUT2D eigenvalue weighted by atomic mass is 10.0. The van der Waals surface area contributed by atoms with Crippen molar-refractivity contribution in [2.75, 3.05) is 6.54 Å². The van der Waals surface area contributed by atoms with Gasteiger partial charge in [-0.1, -0.05) is 31.2 Å². The Labute approximate surface area is 123 Å². The van der Waals surface area contributed by atoms with Gasteiger partial charge in [-0.25, -0.2) is 0 Å². The molecule has 2 aromatic heterocycles. The molecule has 3 heteroatoms. The summed E-state index contributed by atoms with van der Waals surface area (Å²) in [5.74, 6) is 0. The van der Waals surface area contributed by atoms with Gasteiger partial charge in [-0.15, -0.1) is 0 Å². The van der Waals surface area contributed by atoms with E-state index >= 15 is 0 Å². The van der Waals surface area contributed by atoms with Crippen molar-refractivity contribution in [1.29, 1.82) is 0 Å². The van der Waals surface area contributed by atoms with Gasteiger partial charge in [0, 0.05) is 23.5 Å². The maximum atomic E-state index is 4.77. The minimum atomic E-state index is 0.347. The molecule has 0 aliphatic rings. The number of benzene rings is 1. The standard InChI is InChI=1S/C17H18N2S/c1-2-18-17(14-9-10-20-12-14)11-15-8-7-13-5-3-4-6-16(13)19-15/h3-10,12,17-18H,2,11H2,1H3. The number of likely N-dealkylation sites (N-methyl/N-ethyl adjacent to an activating group) is 1. The molecule has 1 atom stereocenters. The summed E-state index contributed by atoms with van der Waals surface area (Å²) in [5.41, 5.74) is 3.57. The first kappa shape index (κ1) is 13.3. The molecule has 0 spiro atoms. The van der Waals surface area contributed by atoms with Gasteiger partial charge in [-0.3, -0.25) is 4.98 Å². The number of para-hydroxylation sites is 1. The van der Waals surface area contributed by atoms with Crippen LogP contribution < -0.4 is 5.32 Å². The van der Waals surface area contributed by atoms with Crippen LogP contribution in [-0.4, -0.2) is 11.5 Å². The highest BCUT2D eigenvalue weighted by Gasteiger charge is 2.12. The predicted molar refractivity (Wildman–Crippen MR) is 86.2 cm³/mol. The highest BCUT2D eigenvalue weighted by Crippen LogP contribution is 2.21. The second kappa shape index (κ2) is 6.16. The fraction of sp³-hybridized carbons (Fsp3) is 0.235. The Hall–Kier alpha value is -1.71.